The van der Waals surface area contributed by atoms with Gasteiger partial charge in [-0.2, -0.15) is 18.3 Å². The number of benzene rings is 1. The largest absolute Gasteiger partial charge is 0.494 e. The van der Waals surface area contributed by atoms with Crippen molar-refractivity contribution in [1.29, 1.82) is 0 Å². The first-order chi connectivity index (χ1) is 19.1. The van der Waals surface area contributed by atoms with Gasteiger partial charge < -0.3 is 14.6 Å². The molecule has 0 saturated carbocycles. The lowest BCUT2D eigenvalue weighted by atomic mass is 10.1. The zero-order chi connectivity index (χ0) is 30.1. The van der Waals surface area contributed by atoms with E-state index in [1.807, 2.05) is 0 Å². The molecule has 0 aliphatic carbocycles. The molecule has 200 valence electrons. The highest BCUT2D eigenvalue weighted by atomic mass is 19.4. The fourth-order valence-electron chi connectivity index (χ4n) is 3.91. The van der Waals surface area contributed by atoms with Crippen molar-refractivity contribution in [2.24, 2.45) is 0 Å². The summed E-state index contributed by atoms with van der Waals surface area (Å²) in [6.45, 7) is 0.926. The number of halogens is 5. The number of aromatic amines is 1. The standard InChI is InChI=1S/C24H21F5N6O3/c1-12(33-19-10-32-34-22(36)20(19)24(27,28)29)5-14(25)11-35-4-3-13-6-17(18(26)7-16(13)23(35)37)21-30-8-15(38-2)9-31-21/h3-4,6-10,12,14H,5,11H2,1-2H3,(H2,33,34,36)/t12-,14+/m1/s1/i2D3. The molecule has 9 nitrogen and oxygen atoms in total. The van der Waals surface area contributed by atoms with Gasteiger partial charge in [-0.15, -0.1) is 0 Å². The van der Waals surface area contributed by atoms with Crippen LogP contribution in [0.15, 0.2) is 52.6 Å². The molecule has 2 atom stereocenters. The van der Waals surface area contributed by atoms with Crippen LogP contribution in [-0.2, 0) is 12.7 Å². The summed E-state index contributed by atoms with van der Waals surface area (Å²) < 4.78 is 96.5. The summed E-state index contributed by atoms with van der Waals surface area (Å²) in [4.78, 5) is 32.4. The number of rotatable bonds is 8. The van der Waals surface area contributed by atoms with E-state index in [0.717, 1.165) is 29.2 Å². The number of hydrogen-bond acceptors (Lipinski definition) is 7. The van der Waals surface area contributed by atoms with E-state index in [1.54, 1.807) is 5.10 Å². The molecule has 1 aromatic carbocycles. The van der Waals surface area contributed by atoms with Crippen LogP contribution in [0.4, 0.5) is 27.6 Å². The lowest BCUT2D eigenvalue weighted by Gasteiger charge is -2.20. The molecule has 4 aromatic rings. The highest BCUT2D eigenvalue weighted by molar-refractivity contribution is 5.86. The number of fused-ring (bicyclic) bond motifs is 1. The van der Waals surface area contributed by atoms with Crippen LogP contribution >= 0.6 is 0 Å². The molecular weight excluding hydrogens is 515 g/mol. The van der Waals surface area contributed by atoms with Gasteiger partial charge in [0, 0.05) is 18.7 Å². The van der Waals surface area contributed by atoms with Gasteiger partial charge in [-0.25, -0.2) is 23.8 Å². The molecule has 0 amide bonds. The Morgan fingerprint density at radius 3 is 2.63 bits per heavy atom. The van der Waals surface area contributed by atoms with Gasteiger partial charge in [-0.05, 0) is 30.5 Å². The Morgan fingerprint density at radius 2 is 1.95 bits per heavy atom. The van der Waals surface area contributed by atoms with Gasteiger partial charge >= 0.3 is 6.18 Å². The smallest absolute Gasteiger partial charge is 0.423 e. The van der Waals surface area contributed by atoms with E-state index in [4.69, 9.17) is 4.11 Å². The third kappa shape index (κ3) is 5.63. The maximum Gasteiger partial charge on any atom is 0.423 e. The minimum atomic E-state index is -4.97. The lowest BCUT2D eigenvalue weighted by molar-refractivity contribution is -0.138. The van der Waals surface area contributed by atoms with E-state index < -0.39 is 60.2 Å². The van der Waals surface area contributed by atoms with Gasteiger partial charge in [-0.1, -0.05) is 0 Å². The Kier molecular flexibility index (Phi) is 6.34. The summed E-state index contributed by atoms with van der Waals surface area (Å²) in [5, 5.41) is 7.71. The number of aromatic nitrogens is 5. The zero-order valence-electron chi connectivity index (χ0n) is 22.5. The molecule has 2 N–H and O–H groups in total. The quantitative estimate of drug-likeness (QED) is 0.326. The van der Waals surface area contributed by atoms with Crippen molar-refractivity contribution in [1.82, 2.24) is 24.7 Å². The molecule has 0 aliphatic heterocycles. The number of alkyl halides is 4. The van der Waals surface area contributed by atoms with E-state index in [-0.39, 0.29) is 28.9 Å². The number of H-pyrrole nitrogens is 1. The highest BCUT2D eigenvalue weighted by Gasteiger charge is 2.37. The van der Waals surface area contributed by atoms with Crippen molar-refractivity contribution in [3.8, 4) is 17.1 Å². The van der Waals surface area contributed by atoms with Crippen LogP contribution in [-0.4, -0.2) is 44.0 Å². The fraction of sp³-hybridized carbons (Fsp3) is 0.292. The first-order valence-corrected chi connectivity index (χ1v) is 11.0. The molecule has 0 saturated heterocycles. The number of nitrogens with one attached hydrogen (secondary N) is 2. The van der Waals surface area contributed by atoms with Gasteiger partial charge in [-0.3, -0.25) is 9.59 Å². The second-order valence-electron chi connectivity index (χ2n) is 8.40. The first kappa shape index (κ1) is 22.8. The predicted molar refractivity (Wildman–Crippen MR) is 128 cm³/mol. The normalized spacial score (nSPS) is 14.8. The summed E-state index contributed by atoms with van der Waals surface area (Å²) in [5.74, 6) is -1.11. The molecule has 38 heavy (non-hydrogen) atoms. The number of hydrogen-bond donors (Lipinski definition) is 2. The molecule has 0 unspecified atom stereocenters. The van der Waals surface area contributed by atoms with Crippen LogP contribution in [0.3, 0.4) is 0 Å². The van der Waals surface area contributed by atoms with Crippen LogP contribution in [0.2, 0.25) is 0 Å². The van der Waals surface area contributed by atoms with Gasteiger partial charge in [0.15, 0.2) is 11.6 Å². The number of methoxy groups -OCH3 is 1. The number of anilines is 1. The molecule has 4 rings (SSSR count). The van der Waals surface area contributed by atoms with Crippen molar-refractivity contribution in [2.75, 3.05) is 12.4 Å². The average Bonchev–Trinajstić information content (AvgIpc) is 2.84. The average molecular weight is 539 g/mol. The molecule has 0 radical (unpaired) electrons. The summed E-state index contributed by atoms with van der Waals surface area (Å²) in [6.07, 6.45) is -2.83. The van der Waals surface area contributed by atoms with E-state index in [9.17, 15) is 31.5 Å². The maximum atomic E-state index is 14.9. The van der Waals surface area contributed by atoms with E-state index in [2.05, 4.69) is 25.1 Å². The minimum absolute atomic E-state index is 0.0705. The van der Waals surface area contributed by atoms with Crippen molar-refractivity contribution in [3.63, 3.8) is 0 Å². The fourth-order valence-corrected chi connectivity index (χ4v) is 3.91. The molecule has 3 aromatic heterocycles. The third-order valence-corrected chi connectivity index (χ3v) is 5.60. The zero-order valence-corrected chi connectivity index (χ0v) is 19.5. The maximum absolute atomic E-state index is 14.9. The Morgan fingerprint density at radius 1 is 1.21 bits per heavy atom. The number of nitrogens with zero attached hydrogens (tertiary/aromatic N) is 4. The summed E-state index contributed by atoms with van der Waals surface area (Å²) in [5.41, 5.74) is -4.34. The topological polar surface area (TPSA) is 115 Å². The molecule has 0 bridgehead atoms. The van der Waals surface area contributed by atoms with Crippen LogP contribution in [0.1, 0.15) is 23.0 Å². The third-order valence-electron chi connectivity index (χ3n) is 5.60. The van der Waals surface area contributed by atoms with Crippen molar-refractivity contribution in [3.05, 3.63) is 75.1 Å². The Bertz CT molecular complexity index is 1680. The first-order valence-electron chi connectivity index (χ1n) is 12.5. The molecule has 0 fully saturated rings. The SMILES string of the molecule is [2H]C([2H])([2H])Oc1cnc(-c2cc3ccn(C[C@@H](F)C[C@@H](C)Nc4cn[nH]c(=O)c4C(F)(F)F)c(=O)c3cc2F)nc1. The Labute approximate surface area is 215 Å². The van der Waals surface area contributed by atoms with Crippen LogP contribution < -0.4 is 21.2 Å². The molecule has 0 aliphatic rings. The highest BCUT2D eigenvalue weighted by Crippen LogP contribution is 2.32. The summed E-state index contributed by atoms with van der Waals surface area (Å²) >= 11 is 0. The molecule has 14 heteroatoms. The molecular formula is C24H21F5N6O3. The second kappa shape index (κ2) is 10.6. The van der Waals surface area contributed by atoms with Gasteiger partial charge in [0.05, 0.1) is 52.9 Å². The molecule has 3 heterocycles. The van der Waals surface area contributed by atoms with E-state index in [0.29, 0.717) is 5.39 Å². The van der Waals surface area contributed by atoms with Gasteiger partial charge in [0.2, 0.25) is 0 Å². The number of ether oxygens (including phenoxy) is 1. The monoisotopic (exact) mass is 539 g/mol. The van der Waals surface area contributed by atoms with Crippen LogP contribution in [0.5, 0.6) is 5.75 Å². The van der Waals surface area contributed by atoms with Crippen LogP contribution in [0.25, 0.3) is 22.2 Å². The minimum Gasteiger partial charge on any atom is -0.494 e. The number of pyridine rings is 1. The Balaban J connectivity index is 1.50. The predicted octanol–water partition coefficient (Wildman–Crippen LogP) is 3.94. The van der Waals surface area contributed by atoms with E-state index >= 15 is 0 Å². The summed E-state index contributed by atoms with van der Waals surface area (Å²) in [7, 11) is -2.72. The van der Waals surface area contributed by atoms with Crippen molar-refractivity contribution in [2.45, 2.75) is 38.3 Å². The van der Waals surface area contributed by atoms with Crippen molar-refractivity contribution >= 4 is 16.5 Å². The van der Waals surface area contributed by atoms with Crippen molar-refractivity contribution < 1.29 is 30.8 Å². The molecule has 0 spiro atoms. The second-order valence-corrected chi connectivity index (χ2v) is 8.40. The lowest BCUT2D eigenvalue weighted by Crippen LogP contribution is -2.30. The van der Waals surface area contributed by atoms with Gasteiger partial charge in [0.25, 0.3) is 11.1 Å². The van der Waals surface area contributed by atoms with Crippen LogP contribution in [0, 0.1) is 5.82 Å². The van der Waals surface area contributed by atoms with E-state index in [1.165, 1.54) is 25.3 Å². The Hall–Kier alpha value is -4.36. The summed E-state index contributed by atoms with van der Waals surface area (Å²) in [6, 6.07) is 2.80. The van der Waals surface area contributed by atoms with Gasteiger partial charge in [0.1, 0.15) is 17.6 Å².